The molecule has 0 amide bonds. The summed E-state index contributed by atoms with van der Waals surface area (Å²) in [7, 11) is 0. The molecule has 0 saturated heterocycles. The third-order valence-electron chi connectivity index (χ3n) is 5.41. The molecule has 2 heteroatoms. The maximum atomic E-state index is 4.27. The minimum atomic E-state index is 1.08. The molecule has 1 N–H and O–H groups in total. The van der Waals surface area contributed by atoms with Crippen molar-refractivity contribution in [3.05, 3.63) is 90.6 Å². The maximum Gasteiger partial charge on any atom is 0.0549 e. The lowest BCUT2D eigenvalue weighted by Gasteiger charge is -2.08. The monoisotopic (exact) mass is 332 g/mol. The van der Waals surface area contributed by atoms with Crippen LogP contribution in [-0.2, 0) is 0 Å². The zero-order chi connectivity index (χ0) is 17.3. The van der Waals surface area contributed by atoms with Crippen LogP contribution in [0.15, 0.2) is 79.4 Å². The molecular formula is C24H16N2. The van der Waals surface area contributed by atoms with Gasteiger partial charge in [-0.2, -0.15) is 0 Å². The predicted molar refractivity (Wildman–Crippen MR) is 111 cm³/mol. The summed E-state index contributed by atoms with van der Waals surface area (Å²) in [6.07, 6.45) is 4.29. The van der Waals surface area contributed by atoms with Crippen molar-refractivity contribution in [3.63, 3.8) is 0 Å². The molecule has 0 atom stereocenters. The number of nitrogens with zero attached hydrogens (tertiary/aromatic N) is 1. The van der Waals surface area contributed by atoms with Crippen LogP contribution < -0.4 is 0 Å². The molecule has 0 radical (unpaired) electrons. The van der Waals surface area contributed by atoms with Gasteiger partial charge in [-0.25, -0.2) is 0 Å². The molecule has 0 unspecified atom stereocenters. The average Bonchev–Trinajstić information content (AvgIpc) is 3.32. The number of aromatic nitrogens is 2. The summed E-state index contributed by atoms with van der Waals surface area (Å²) in [5.74, 6) is 0. The first-order chi connectivity index (χ1) is 12.8. The van der Waals surface area contributed by atoms with Gasteiger partial charge >= 0.3 is 0 Å². The first kappa shape index (κ1) is 13.7. The minimum Gasteiger partial charge on any atom is -0.354 e. The maximum absolute atomic E-state index is 4.27. The number of H-pyrrole nitrogens is 1. The SMILES string of the molecule is C=C1C=Cc2c1c1cc3[nH]c4ccccc4c3cc1n2-c1ccccc1. The van der Waals surface area contributed by atoms with E-state index in [2.05, 4.69) is 95.0 Å². The Bertz CT molecular complexity index is 1380. The second-order valence-electron chi connectivity index (χ2n) is 6.88. The lowest BCUT2D eigenvalue weighted by atomic mass is 10.1. The third kappa shape index (κ3) is 1.66. The molecule has 2 heterocycles. The number of hydrogen-bond donors (Lipinski definition) is 1. The molecular weight excluding hydrogens is 316 g/mol. The number of para-hydroxylation sites is 2. The molecule has 0 aliphatic heterocycles. The summed E-state index contributed by atoms with van der Waals surface area (Å²) in [6, 6.07) is 23.6. The van der Waals surface area contributed by atoms with Crippen molar-refractivity contribution < 1.29 is 0 Å². The highest BCUT2D eigenvalue weighted by molar-refractivity contribution is 6.15. The number of nitrogens with one attached hydrogen (secondary N) is 1. The van der Waals surface area contributed by atoms with Crippen molar-refractivity contribution in [2.45, 2.75) is 0 Å². The highest BCUT2D eigenvalue weighted by Crippen LogP contribution is 2.41. The highest BCUT2D eigenvalue weighted by Gasteiger charge is 2.22. The normalized spacial score (nSPS) is 13.3. The second-order valence-corrected chi connectivity index (χ2v) is 6.88. The molecule has 0 bridgehead atoms. The number of benzene rings is 3. The smallest absolute Gasteiger partial charge is 0.0549 e. The molecule has 6 rings (SSSR count). The van der Waals surface area contributed by atoms with Crippen LogP contribution in [0.1, 0.15) is 11.3 Å². The Labute approximate surface area is 150 Å². The molecule has 2 aromatic heterocycles. The van der Waals surface area contributed by atoms with Gasteiger partial charge in [0.15, 0.2) is 0 Å². The Morgan fingerprint density at radius 3 is 2.42 bits per heavy atom. The molecule has 0 saturated carbocycles. The van der Waals surface area contributed by atoms with Crippen LogP contribution in [0.2, 0.25) is 0 Å². The number of fused-ring (bicyclic) bond motifs is 6. The lowest BCUT2D eigenvalue weighted by molar-refractivity contribution is 1.11. The van der Waals surface area contributed by atoms with Gasteiger partial charge < -0.3 is 9.55 Å². The second kappa shape index (κ2) is 4.77. The van der Waals surface area contributed by atoms with Gasteiger partial charge in [-0.05, 0) is 42.0 Å². The van der Waals surface area contributed by atoms with Crippen LogP contribution in [-0.4, -0.2) is 9.55 Å². The van der Waals surface area contributed by atoms with Gasteiger partial charge in [0, 0.05) is 38.4 Å². The summed E-state index contributed by atoms with van der Waals surface area (Å²) in [5.41, 5.74) is 8.29. The van der Waals surface area contributed by atoms with E-state index in [0.29, 0.717) is 0 Å². The average molecular weight is 332 g/mol. The largest absolute Gasteiger partial charge is 0.354 e. The lowest BCUT2D eigenvalue weighted by Crippen LogP contribution is -1.95. The molecule has 0 fully saturated rings. The van der Waals surface area contributed by atoms with Crippen molar-refractivity contribution in [2.24, 2.45) is 0 Å². The highest BCUT2D eigenvalue weighted by atomic mass is 15.0. The Balaban J connectivity index is 1.83. The Morgan fingerprint density at radius 1 is 0.731 bits per heavy atom. The zero-order valence-corrected chi connectivity index (χ0v) is 14.2. The number of allylic oxidation sites excluding steroid dienone is 2. The van der Waals surface area contributed by atoms with Crippen LogP contribution in [0.4, 0.5) is 0 Å². The fraction of sp³-hybridized carbons (Fsp3) is 0. The van der Waals surface area contributed by atoms with Gasteiger partial charge in [0.2, 0.25) is 0 Å². The van der Waals surface area contributed by atoms with Gasteiger partial charge in [0.05, 0.1) is 11.2 Å². The van der Waals surface area contributed by atoms with E-state index in [9.17, 15) is 0 Å². The van der Waals surface area contributed by atoms with E-state index in [1.165, 1.54) is 49.7 Å². The zero-order valence-electron chi connectivity index (χ0n) is 14.2. The van der Waals surface area contributed by atoms with E-state index in [-0.39, 0.29) is 0 Å². The van der Waals surface area contributed by atoms with Gasteiger partial charge in [0.1, 0.15) is 0 Å². The Morgan fingerprint density at radius 2 is 1.54 bits per heavy atom. The molecule has 1 aliphatic rings. The van der Waals surface area contributed by atoms with Crippen molar-refractivity contribution in [3.8, 4) is 5.69 Å². The summed E-state index contributed by atoms with van der Waals surface area (Å²) in [4.78, 5) is 3.57. The predicted octanol–water partition coefficient (Wildman–Crippen LogP) is 6.31. The molecule has 0 spiro atoms. The standard InChI is InChI=1S/C24H16N2/c1-15-11-12-22-24(15)19-13-21-18(17-9-5-6-10-20(17)25-21)14-23(19)26(22)16-7-3-2-4-8-16/h2-14,25H,1H2. The van der Waals surface area contributed by atoms with Crippen LogP contribution in [0.25, 0.3) is 50.0 Å². The van der Waals surface area contributed by atoms with Crippen molar-refractivity contribution in [1.82, 2.24) is 9.55 Å². The topological polar surface area (TPSA) is 20.7 Å². The first-order valence-corrected chi connectivity index (χ1v) is 8.83. The first-order valence-electron chi connectivity index (χ1n) is 8.83. The molecule has 122 valence electrons. The van der Waals surface area contributed by atoms with Gasteiger partial charge in [-0.3, -0.25) is 0 Å². The fourth-order valence-corrected chi connectivity index (χ4v) is 4.26. The van der Waals surface area contributed by atoms with E-state index < -0.39 is 0 Å². The van der Waals surface area contributed by atoms with Crippen LogP contribution >= 0.6 is 0 Å². The summed E-state index contributed by atoms with van der Waals surface area (Å²) >= 11 is 0. The van der Waals surface area contributed by atoms with Gasteiger partial charge in [-0.1, -0.05) is 49.1 Å². The van der Waals surface area contributed by atoms with Gasteiger partial charge in [-0.15, -0.1) is 0 Å². The van der Waals surface area contributed by atoms with Crippen molar-refractivity contribution in [2.75, 3.05) is 0 Å². The molecule has 2 nitrogen and oxygen atoms in total. The number of hydrogen-bond acceptors (Lipinski definition) is 0. The third-order valence-corrected chi connectivity index (χ3v) is 5.41. The summed E-state index contributed by atoms with van der Waals surface area (Å²) in [5, 5.41) is 3.77. The molecule has 1 aliphatic carbocycles. The quantitative estimate of drug-likeness (QED) is 0.371. The summed E-state index contributed by atoms with van der Waals surface area (Å²) in [6.45, 7) is 4.27. The van der Waals surface area contributed by atoms with Crippen molar-refractivity contribution in [1.29, 1.82) is 0 Å². The molecule has 5 aromatic rings. The van der Waals surface area contributed by atoms with Crippen molar-refractivity contribution >= 4 is 44.4 Å². The van der Waals surface area contributed by atoms with E-state index in [4.69, 9.17) is 0 Å². The van der Waals surface area contributed by atoms with Crippen LogP contribution in [0.3, 0.4) is 0 Å². The van der Waals surface area contributed by atoms with E-state index in [1.807, 2.05) is 0 Å². The van der Waals surface area contributed by atoms with E-state index >= 15 is 0 Å². The van der Waals surface area contributed by atoms with E-state index in [1.54, 1.807) is 0 Å². The molecule has 3 aromatic carbocycles. The van der Waals surface area contributed by atoms with E-state index in [0.717, 1.165) is 5.57 Å². The Hall–Kier alpha value is -3.52. The molecule has 26 heavy (non-hydrogen) atoms. The van der Waals surface area contributed by atoms with Crippen LogP contribution in [0.5, 0.6) is 0 Å². The summed E-state index contributed by atoms with van der Waals surface area (Å²) < 4.78 is 2.35. The fourth-order valence-electron chi connectivity index (χ4n) is 4.26. The van der Waals surface area contributed by atoms with Gasteiger partial charge in [0.25, 0.3) is 0 Å². The number of rotatable bonds is 1. The van der Waals surface area contributed by atoms with Crippen LogP contribution in [0, 0.1) is 0 Å². The minimum absolute atomic E-state index is 1.08. The number of aromatic amines is 1. The Kier molecular flexibility index (Phi) is 2.52.